The number of aromatic nitrogens is 1. The highest BCUT2D eigenvalue weighted by Gasteiger charge is 2.23. The number of aryl methyl sites for hydroxylation is 3. The van der Waals surface area contributed by atoms with Gasteiger partial charge < -0.3 is 0 Å². The lowest BCUT2D eigenvalue weighted by Crippen LogP contribution is -2.31. The van der Waals surface area contributed by atoms with Gasteiger partial charge in [-0.05, 0) is 48.9 Å². The van der Waals surface area contributed by atoms with Gasteiger partial charge in [0, 0.05) is 6.07 Å². The number of rotatable bonds is 1. The molecule has 0 fully saturated rings. The predicted octanol–water partition coefficient (Wildman–Crippen LogP) is 4.40. The first-order chi connectivity index (χ1) is 10.4. The zero-order valence-electron chi connectivity index (χ0n) is 13.8. The molecule has 0 amide bonds. The molecule has 0 N–H and O–H groups in total. The number of hydrogen-bond acceptors (Lipinski definition) is 0. The number of nitrogens with zero attached hydrogens (tertiary/aromatic N) is 1. The molecule has 0 atom stereocenters. The van der Waals surface area contributed by atoms with Crippen LogP contribution >= 0.6 is 0 Å². The van der Waals surface area contributed by atoms with Crippen molar-refractivity contribution in [3.8, 4) is 11.3 Å². The fourth-order valence-corrected chi connectivity index (χ4v) is 2.90. The largest absolute Gasteiger partial charge is 0.223 e. The summed E-state index contributed by atoms with van der Waals surface area (Å²) in [6, 6.07) is 9.79. The predicted molar refractivity (Wildman–Crippen MR) is 84.7 cm³/mol. The first kappa shape index (κ1) is 12.5. The molecule has 1 aromatic heterocycles. The zero-order valence-corrected chi connectivity index (χ0v) is 12.8. The summed E-state index contributed by atoms with van der Waals surface area (Å²) in [7, 11) is 1.93. The molecule has 106 valence electrons. The van der Waals surface area contributed by atoms with Crippen LogP contribution in [-0.4, -0.2) is 0 Å². The topological polar surface area (TPSA) is 3.88 Å². The molecule has 0 saturated heterocycles. The van der Waals surface area contributed by atoms with Crippen LogP contribution in [0.5, 0.6) is 0 Å². The molecule has 21 heavy (non-hydrogen) atoms. The fourth-order valence-electron chi connectivity index (χ4n) is 2.90. The third-order valence-corrected chi connectivity index (χ3v) is 4.18. The summed E-state index contributed by atoms with van der Waals surface area (Å²) in [5, 5.41) is 1.92. The van der Waals surface area contributed by atoms with Crippen molar-refractivity contribution in [1.29, 1.82) is 0 Å². The molecule has 2 heteroatoms. The minimum absolute atomic E-state index is 0.166. The van der Waals surface area contributed by atoms with Gasteiger partial charge >= 0.3 is 0 Å². The Balaban J connectivity index is 2.48. The van der Waals surface area contributed by atoms with E-state index in [2.05, 4.69) is 0 Å². The standard InChI is InChI=1S/C19H19FN/c1-12-11-13(2)18(20)17(14(12)3)19-16-8-6-5-7-15(16)9-10-21(19)4/h5-11H,1-4H3/q+1/i5D. The van der Waals surface area contributed by atoms with Crippen LogP contribution in [0.2, 0.25) is 0 Å². The van der Waals surface area contributed by atoms with E-state index in [0.29, 0.717) is 17.2 Å². The highest BCUT2D eigenvalue weighted by molar-refractivity contribution is 5.93. The Labute approximate surface area is 126 Å². The van der Waals surface area contributed by atoms with Gasteiger partial charge in [0.15, 0.2) is 6.20 Å². The molecule has 3 aromatic rings. The van der Waals surface area contributed by atoms with Crippen LogP contribution in [-0.2, 0) is 7.05 Å². The van der Waals surface area contributed by atoms with Gasteiger partial charge in [-0.1, -0.05) is 24.2 Å². The smallest absolute Gasteiger partial charge is 0.206 e. The van der Waals surface area contributed by atoms with E-state index in [9.17, 15) is 4.39 Å². The maximum Gasteiger partial charge on any atom is 0.223 e. The Hall–Kier alpha value is -2.22. The zero-order chi connectivity index (χ0) is 16.0. The van der Waals surface area contributed by atoms with E-state index in [4.69, 9.17) is 1.37 Å². The quantitative estimate of drug-likeness (QED) is 0.582. The summed E-state index contributed by atoms with van der Waals surface area (Å²) in [5.41, 5.74) is 4.22. The number of halogens is 1. The molecule has 0 spiro atoms. The van der Waals surface area contributed by atoms with Gasteiger partial charge in [0.2, 0.25) is 5.69 Å². The minimum atomic E-state index is -0.166. The maximum absolute atomic E-state index is 14.9. The number of fused-ring (bicyclic) bond motifs is 1. The highest BCUT2D eigenvalue weighted by atomic mass is 19.1. The van der Waals surface area contributed by atoms with Crippen molar-refractivity contribution in [2.45, 2.75) is 20.8 Å². The molecule has 0 aliphatic carbocycles. The molecule has 2 aromatic carbocycles. The Kier molecular flexibility index (Phi) is 2.95. The van der Waals surface area contributed by atoms with E-state index in [-0.39, 0.29) is 5.82 Å². The van der Waals surface area contributed by atoms with Crippen molar-refractivity contribution in [2.24, 2.45) is 7.05 Å². The van der Waals surface area contributed by atoms with E-state index >= 15 is 0 Å². The molecule has 0 aliphatic rings. The van der Waals surface area contributed by atoms with Crippen LogP contribution in [0.1, 0.15) is 18.1 Å². The second kappa shape index (κ2) is 4.96. The third kappa shape index (κ3) is 2.11. The Morgan fingerprint density at radius 2 is 1.86 bits per heavy atom. The van der Waals surface area contributed by atoms with Crippen molar-refractivity contribution in [2.75, 3.05) is 0 Å². The van der Waals surface area contributed by atoms with Crippen LogP contribution in [0.15, 0.2) is 42.6 Å². The molecule has 0 unspecified atom stereocenters. The molecule has 0 bridgehead atoms. The van der Waals surface area contributed by atoms with E-state index < -0.39 is 0 Å². The number of hydrogen-bond donors (Lipinski definition) is 0. The van der Waals surface area contributed by atoms with Gasteiger partial charge in [-0.25, -0.2) is 8.96 Å². The summed E-state index contributed by atoms with van der Waals surface area (Å²) in [6.45, 7) is 5.78. The lowest BCUT2D eigenvalue weighted by atomic mass is 9.94. The lowest BCUT2D eigenvalue weighted by molar-refractivity contribution is -0.659. The third-order valence-electron chi connectivity index (χ3n) is 4.18. The van der Waals surface area contributed by atoms with Crippen molar-refractivity contribution < 1.29 is 10.3 Å². The summed E-state index contributed by atoms with van der Waals surface area (Å²) in [6.07, 6.45) is 1.92. The monoisotopic (exact) mass is 281 g/mol. The van der Waals surface area contributed by atoms with Gasteiger partial charge in [0.1, 0.15) is 12.9 Å². The molecular formula is C19H19FN+. The molecule has 0 radical (unpaired) electrons. The van der Waals surface area contributed by atoms with Crippen LogP contribution in [0.3, 0.4) is 0 Å². The van der Waals surface area contributed by atoms with E-state index in [1.54, 1.807) is 13.0 Å². The van der Waals surface area contributed by atoms with Crippen molar-refractivity contribution in [1.82, 2.24) is 0 Å². The molecule has 0 saturated carbocycles. The van der Waals surface area contributed by atoms with Crippen molar-refractivity contribution in [3.63, 3.8) is 0 Å². The van der Waals surface area contributed by atoms with Crippen molar-refractivity contribution in [3.05, 3.63) is 65.1 Å². The van der Waals surface area contributed by atoms with E-state index in [1.165, 1.54) is 0 Å². The molecular weight excluding hydrogens is 261 g/mol. The van der Waals surface area contributed by atoms with Crippen LogP contribution < -0.4 is 4.57 Å². The summed E-state index contributed by atoms with van der Waals surface area (Å²) in [4.78, 5) is 0. The second-order valence-electron chi connectivity index (χ2n) is 5.61. The first-order valence-corrected chi connectivity index (χ1v) is 7.06. The van der Waals surface area contributed by atoms with Gasteiger partial charge in [0.25, 0.3) is 0 Å². The molecule has 0 aliphatic heterocycles. The van der Waals surface area contributed by atoms with E-state index in [0.717, 1.165) is 27.6 Å². The summed E-state index contributed by atoms with van der Waals surface area (Å²) < 4.78 is 24.6. The average molecular weight is 281 g/mol. The Morgan fingerprint density at radius 1 is 1.10 bits per heavy atom. The van der Waals surface area contributed by atoms with Gasteiger partial charge in [-0.2, -0.15) is 0 Å². The lowest BCUT2D eigenvalue weighted by Gasteiger charge is -2.13. The molecule has 3 rings (SSSR count). The molecule has 1 nitrogen and oxygen atoms in total. The van der Waals surface area contributed by atoms with Gasteiger partial charge in [0.05, 0.1) is 12.3 Å². The van der Waals surface area contributed by atoms with E-state index in [1.807, 2.05) is 55.9 Å². The minimum Gasteiger partial charge on any atom is -0.206 e. The Morgan fingerprint density at radius 3 is 2.62 bits per heavy atom. The SMILES string of the molecule is [2H]c1ccc2c(-c3c(C)c(C)cc(C)c3F)[n+](C)ccc2c1. The average Bonchev–Trinajstić information content (AvgIpc) is 2.47. The van der Waals surface area contributed by atoms with Gasteiger partial charge in [-0.15, -0.1) is 0 Å². The van der Waals surface area contributed by atoms with Crippen LogP contribution in [0.4, 0.5) is 4.39 Å². The normalized spacial score (nSPS) is 11.8. The number of benzene rings is 2. The van der Waals surface area contributed by atoms with Crippen LogP contribution in [0.25, 0.3) is 22.0 Å². The molecule has 1 heterocycles. The fraction of sp³-hybridized carbons (Fsp3) is 0.211. The summed E-state index contributed by atoms with van der Waals surface area (Å²) in [5.74, 6) is -0.166. The van der Waals surface area contributed by atoms with Crippen molar-refractivity contribution >= 4 is 10.8 Å². The maximum atomic E-state index is 14.9. The summed E-state index contributed by atoms with van der Waals surface area (Å²) >= 11 is 0. The van der Waals surface area contributed by atoms with Crippen LogP contribution in [0, 0.1) is 26.6 Å². The second-order valence-corrected chi connectivity index (χ2v) is 5.61. The first-order valence-electron chi connectivity index (χ1n) is 7.56. The van der Waals surface area contributed by atoms with Gasteiger partial charge in [-0.3, -0.25) is 0 Å². The Bertz CT molecular complexity index is 874. The highest BCUT2D eigenvalue weighted by Crippen LogP contribution is 2.32. The number of pyridine rings is 1.